The van der Waals surface area contributed by atoms with Crippen LogP contribution in [0.2, 0.25) is 0 Å². The zero-order chi connectivity index (χ0) is 16.2. The number of hydrogen-bond acceptors (Lipinski definition) is 6. The van der Waals surface area contributed by atoms with Gasteiger partial charge in [-0.3, -0.25) is 0 Å². The van der Waals surface area contributed by atoms with E-state index in [1.54, 1.807) is 0 Å². The summed E-state index contributed by atoms with van der Waals surface area (Å²) in [5.41, 5.74) is 2.08. The number of morpholine rings is 1. The second-order valence-electron chi connectivity index (χ2n) is 6.12. The fourth-order valence-electron chi connectivity index (χ4n) is 2.70. The molecule has 3 rings (SSSR count). The molecule has 0 bridgehead atoms. The Morgan fingerprint density at radius 1 is 1.43 bits per heavy atom. The van der Waals surface area contributed by atoms with E-state index in [9.17, 15) is 0 Å². The van der Waals surface area contributed by atoms with Gasteiger partial charge in [-0.15, -0.1) is 0 Å². The van der Waals surface area contributed by atoms with E-state index in [0.717, 1.165) is 49.1 Å². The molecule has 1 fully saturated rings. The SMILES string of the molecule is Cc1cc(C(C)NCc2ccc(N3CCOC(C)C3)nc2)no1. The minimum Gasteiger partial charge on any atom is -0.375 e. The normalized spacial score (nSPS) is 19.8. The van der Waals surface area contributed by atoms with Gasteiger partial charge in [0.15, 0.2) is 0 Å². The first-order valence-corrected chi connectivity index (χ1v) is 8.10. The minimum absolute atomic E-state index is 0.146. The third-order valence-corrected chi connectivity index (χ3v) is 4.08. The lowest BCUT2D eigenvalue weighted by Gasteiger charge is -2.32. The van der Waals surface area contributed by atoms with E-state index >= 15 is 0 Å². The van der Waals surface area contributed by atoms with Crippen LogP contribution in [-0.4, -0.2) is 35.9 Å². The smallest absolute Gasteiger partial charge is 0.133 e. The molecule has 2 aromatic heterocycles. The molecule has 0 aliphatic carbocycles. The van der Waals surface area contributed by atoms with Crippen LogP contribution < -0.4 is 10.2 Å². The number of aryl methyl sites for hydroxylation is 1. The lowest BCUT2D eigenvalue weighted by molar-refractivity contribution is 0.0529. The molecule has 3 heterocycles. The summed E-state index contributed by atoms with van der Waals surface area (Å²) >= 11 is 0. The summed E-state index contributed by atoms with van der Waals surface area (Å²) in [5.74, 6) is 1.85. The molecule has 1 aliphatic rings. The fourth-order valence-corrected chi connectivity index (χ4v) is 2.70. The molecule has 2 atom stereocenters. The van der Waals surface area contributed by atoms with Gasteiger partial charge in [-0.25, -0.2) is 4.98 Å². The van der Waals surface area contributed by atoms with E-state index in [-0.39, 0.29) is 12.1 Å². The van der Waals surface area contributed by atoms with Gasteiger partial charge in [0.05, 0.1) is 18.8 Å². The van der Waals surface area contributed by atoms with Crippen molar-refractivity contribution in [1.29, 1.82) is 0 Å². The van der Waals surface area contributed by atoms with Crippen LogP contribution in [0.5, 0.6) is 0 Å². The summed E-state index contributed by atoms with van der Waals surface area (Å²) in [7, 11) is 0. The Labute approximate surface area is 136 Å². The van der Waals surface area contributed by atoms with Crippen LogP contribution in [0.3, 0.4) is 0 Å². The monoisotopic (exact) mass is 316 g/mol. The van der Waals surface area contributed by atoms with Crippen molar-refractivity contribution in [2.45, 2.75) is 39.5 Å². The van der Waals surface area contributed by atoms with E-state index in [2.05, 4.69) is 46.3 Å². The maximum Gasteiger partial charge on any atom is 0.133 e. The lowest BCUT2D eigenvalue weighted by Crippen LogP contribution is -2.41. The van der Waals surface area contributed by atoms with Crippen molar-refractivity contribution in [3.05, 3.63) is 41.4 Å². The van der Waals surface area contributed by atoms with Crippen LogP contribution in [0.1, 0.15) is 36.9 Å². The van der Waals surface area contributed by atoms with E-state index in [0.29, 0.717) is 0 Å². The molecule has 1 saturated heterocycles. The van der Waals surface area contributed by atoms with Crippen molar-refractivity contribution >= 4 is 5.82 Å². The number of hydrogen-bond donors (Lipinski definition) is 1. The summed E-state index contributed by atoms with van der Waals surface area (Å²) in [5, 5.41) is 7.48. The van der Waals surface area contributed by atoms with Gasteiger partial charge in [-0.2, -0.15) is 0 Å². The van der Waals surface area contributed by atoms with Gasteiger partial charge in [-0.05, 0) is 32.4 Å². The van der Waals surface area contributed by atoms with Gasteiger partial charge in [0, 0.05) is 31.9 Å². The lowest BCUT2D eigenvalue weighted by atomic mass is 10.2. The number of aromatic nitrogens is 2. The van der Waals surface area contributed by atoms with Gasteiger partial charge in [0.2, 0.25) is 0 Å². The predicted octanol–water partition coefficient (Wildman–Crippen LogP) is 2.45. The second kappa shape index (κ2) is 7.10. The third kappa shape index (κ3) is 4.09. The van der Waals surface area contributed by atoms with E-state index in [1.807, 2.05) is 19.2 Å². The highest BCUT2D eigenvalue weighted by Crippen LogP contribution is 2.16. The van der Waals surface area contributed by atoms with Gasteiger partial charge in [-0.1, -0.05) is 11.2 Å². The summed E-state index contributed by atoms with van der Waals surface area (Å²) in [6.45, 7) is 9.38. The van der Waals surface area contributed by atoms with E-state index in [1.165, 1.54) is 0 Å². The Morgan fingerprint density at radius 2 is 2.30 bits per heavy atom. The molecule has 6 heteroatoms. The molecule has 1 N–H and O–H groups in total. The van der Waals surface area contributed by atoms with Crippen LogP contribution >= 0.6 is 0 Å². The third-order valence-electron chi connectivity index (χ3n) is 4.08. The number of rotatable bonds is 5. The first-order valence-electron chi connectivity index (χ1n) is 8.10. The topological polar surface area (TPSA) is 63.4 Å². The number of ether oxygens (including phenoxy) is 1. The minimum atomic E-state index is 0.146. The standard InChI is InChI=1S/C17H24N4O2/c1-12-8-16(20-23-12)14(3)18-9-15-4-5-17(19-10-15)21-6-7-22-13(2)11-21/h4-5,8,10,13-14,18H,6-7,9,11H2,1-3H3. The molecular formula is C17H24N4O2. The number of anilines is 1. The molecule has 0 spiro atoms. The Morgan fingerprint density at radius 3 is 2.96 bits per heavy atom. The van der Waals surface area contributed by atoms with Crippen LogP contribution in [0.15, 0.2) is 28.9 Å². The highest BCUT2D eigenvalue weighted by Gasteiger charge is 2.17. The van der Waals surface area contributed by atoms with Gasteiger partial charge in [0.25, 0.3) is 0 Å². The zero-order valence-corrected chi connectivity index (χ0v) is 14.0. The van der Waals surface area contributed by atoms with Crippen molar-refractivity contribution in [3.8, 4) is 0 Å². The molecule has 0 saturated carbocycles. The first-order chi connectivity index (χ1) is 11.1. The van der Waals surface area contributed by atoms with Crippen molar-refractivity contribution < 1.29 is 9.26 Å². The summed E-state index contributed by atoms with van der Waals surface area (Å²) in [6, 6.07) is 6.31. The molecule has 0 radical (unpaired) electrons. The highest BCUT2D eigenvalue weighted by atomic mass is 16.5. The van der Waals surface area contributed by atoms with Crippen molar-refractivity contribution in [2.75, 3.05) is 24.6 Å². The van der Waals surface area contributed by atoms with Crippen LogP contribution in [0.25, 0.3) is 0 Å². The van der Waals surface area contributed by atoms with Gasteiger partial charge < -0.3 is 19.5 Å². The maximum absolute atomic E-state index is 5.57. The average molecular weight is 316 g/mol. The Bertz CT molecular complexity index is 626. The largest absolute Gasteiger partial charge is 0.375 e. The Kier molecular flexibility index (Phi) is 4.93. The molecular weight excluding hydrogens is 292 g/mol. The summed E-state index contributed by atoms with van der Waals surface area (Å²) in [4.78, 5) is 6.86. The Hall–Kier alpha value is -1.92. The van der Waals surface area contributed by atoms with Crippen molar-refractivity contribution in [2.24, 2.45) is 0 Å². The molecule has 6 nitrogen and oxygen atoms in total. The van der Waals surface area contributed by atoms with Crippen LogP contribution in [-0.2, 0) is 11.3 Å². The van der Waals surface area contributed by atoms with Crippen LogP contribution in [0, 0.1) is 6.92 Å². The Balaban J connectivity index is 1.55. The number of nitrogens with zero attached hydrogens (tertiary/aromatic N) is 3. The molecule has 0 aromatic carbocycles. The van der Waals surface area contributed by atoms with Crippen LogP contribution in [0.4, 0.5) is 5.82 Å². The molecule has 124 valence electrons. The molecule has 23 heavy (non-hydrogen) atoms. The van der Waals surface area contributed by atoms with Crippen molar-refractivity contribution in [3.63, 3.8) is 0 Å². The predicted molar refractivity (Wildman–Crippen MR) is 88.4 cm³/mol. The van der Waals surface area contributed by atoms with Crippen molar-refractivity contribution in [1.82, 2.24) is 15.5 Å². The highest BCUT2D eigenvalue weighted by molar-refractivity contribution is 5.39. The van der Waals surface area contributed by atoms with E-state index < -0.39 is 0 Å². The second-order valence-corrected chi connectivity index (χ2v) is 6.12. The maximum atomic E-state index is 5.57. The quantitative estimate of drug-likeness (QED) is 0.914. The summed E-state index contributed by atoms with van der Waals surface area (Å²) < 4.78 is 10.7. The summed E-state index contributed by atoms with van der Waals surface area (Å²) in [6.07, 6.45) is 2.20. The number of nitrogens with one attached hydrogen (secondary N) is 1. The van der Waals surface area contributed by atoms with Gasteiger partial charge >= 0.3 is 0 Å². The van der Waals surface area contributed by atoms with E-state index in [4.69, 9.17) is 9.26 Å². The average Bonchev–Trinajstić information content (AvgIpc) is 3.00. The first kappa shape index (κ1) is 16.0. The zero-order valence-electron chi connectivity index (χ0n) is 14.0. The molecule has 1 aliphatic heterocycles. The number of pyridine rings is 1. The molecule has 2 unspecified atom stereocenters. The molecule has 0 amide bonds. The van der Waals surface area contributed by atoms with Gasteiger partial charge in [0.1, 0.15) is 17.3 Å². The fraction of sp³-hybridized carbons (Fsp3) is 0.529. The molecule has 2 aromatic rings.